The van der Waals surface area contributed by atoms with E-state index in [0.717, 1.165) is 31.0 Å². The van der Waals surface area contributed by atoms with Crippen LogP contribution in [-0.4, -0.2) is 25.8 Å². The van der Waals surface area contributed by atoms with Gasteiger partial charge in [0.15, 0.2) is 0 Å². The molecule has 5 heteroatoms. The van der Waals surface area contributed by atoms with E-state index in [1.165, 1.54) is 19.3 Å². The van der Waals surface area contributed by atoms with Gasteiger partial charge in [0, 0.05) is 25.8 Å². The molecule has 0 saturated heterocycles. The molecule has 1 aliphatic heterocycles. The number of carboxylic acids is 1. The van der Waals surface area contributed by atoms with Gasteiger partial charge in [-0.05, 0) is 19.3 Å². The molecule has 2 rings (SSSR count). The van der Waals surface area contributed by atoms with Crippen LogP contribution in [0.2, 0.25) is 0 Å². The number of rotatable bonds is 4. The minimum absolute atomic E-state index is 0.211. The van der Waals surface area contributed by atoms with Crippen LogP contribution in [0, 0.1) is 0 Å². The molecular weight excluding hydrogens is 206 g/mol. The minimum atomic E-state index is -0.740. The molecule has 2 heterocycles. The van der Waals surface area contributed by atoms with Gasteiger partial charge < -0.3 is 9.67 Å². The highest BCUT2D eigenvalue weighted by molar-refractivity contribution is 5.66. The van der Waals surface area contributed by atoms with Crippen molar-refractivity contribution in [2.24, 2.45) is 0 Å². The average Bonchev–Trinajstić information content (AvgIpc) is 2.49. The summed E-state index contributed by atoms with van der Waals surface area (Å²) in [6, 6.07) is 0. The second kappa shape index (κ2) is 5.09. The summed E-state index contributed by atoms with van der Waals surface area (Å²) in [4.78, 5) is 10.4. The van der Waals surface area contributed by atoms with Gasteiger partial charge in [-0.15, -0.1) is 10.2 Å². The first-order valence-corrected chi connectivity index (χ1v) is 5.90. The van der Waals surface area contributed by atoms with Crippen molar-refractivity contribution >= 4 is 5.97 Å². The topological polar surface area (TPSA) is 68.0 Å². The van der Waals surface area contributed by atoms with Crippen molar-refractivity contribution in [3.8, 4) is 0 Å². The molecule has 0 saturated carbocycles. The first-order chi connectivity index (χ1) is 7.77. The van der Waals surface area contributed by atoms with Crippen LogP contribution in [0.4, 0.5) is 0 Å². The Labute approximate surface area is 94.5 Å². The lowest BCUT2D eigenvalue weighted by atomic mass is 10.2. The van der Waals surface area contributed by atoms with Crippen molar-refractivity contribution in [2.75, 3.05) is 0 Å². The van der Waals surface area contributed by atoms with Gasteiger partial charge in [0.25, 0.3) is 0 Å². The minimum Gasteiger partial charge on any atom is -0.481 e. The lowest BCUT2D eigenvalue weighted by molar-refractivity contribution is -0.137. The van der Waals surface area contributed by atoms with E-state index in [4.69, 9.17) is 5.11 Å². The third-order valence-electron chi connectivity index (χ3n) is 2.98. The Kier molecular flexibility index (Phi) is 3.54. The standard InChI is InChI=1S/C11H17N3O2/c15-11(16)7-4-6-10-13-12-9-5-2-1-3-8-14(9)10/h1-8H2,(H,15,16). The molecular formula is C11H17N3O2. The second-order valence-corrected chi connectivity index (χ2v) is 4.24. The Hall–Kier alpha value is -1.39. The molecule has 1 aromatic heterocycles. The van der Waals surface area contributed by atoms with Gasteiger partial charge in [0.1, 0.15) is 11.6 Å². The van der Waals surface area contributed by atoms with Crippen LogP contribution in [-0.2, 0) is 24.2 Å². The Balaban J connectivity index is 1.99. The lowest BCUT2D eigenvalue weighted by Crippen LogP contribution is -2.07. The number of hydrogen-bond acceptors (Lipinski definition) is 3. The number of aromatic nitrogens is 3. The van der Waals surface area contributed by atoms with E-state index >= 15 is 0 Å². The predicted molar refractivity (Wildman–Crippen MR) is 58.2 cm³/mol. The molecule has 0 atom stereocenters. The zero-order chi connectivity index (χ0) is 11.4. The largest absolute Gasteiger partial charge is 0.481 e. The SMILES string of the molecule is O=C(O)CCCc1nnc2n1CCCCC2. The van der Waals surface area contributed by atoms with Crippen LogP contribution in [0.25, 0.3) is 0 Å². The molecule has 0 aliphatic carbocycles. The molecule has 0 amide bonds. The Morgan fingerprint density at radius 3 is 3.00 bits per heavy atom. The molecule has 0 fully saturated rings. The lowest BCUT2D eigenvalue weighted by Gasteiger charge is -2.05. The summed E-state index contributed by atoms with van der Waals surface area (Å²) in [6.45, 7) is 0.991. The van der Waals surface area contributed by atoms with Crippen molar-refractivity contribution < 1.29 is 9.90 Å². The average molecular weight is 223 g/mol. The summed E-state index contributed by atoms with van der Waals surface area (Å²) in [6.07, 6.45) is 6.20. The summed E-state index contributed by atoms with van der Waals surface area (Å²) < 4.78 is 2.18. The molecule has 1 aliphatic rings. The fourth-order valence-electron chi connectivity index (χ4n) is 2.13. The number of aliphatic carboxylic acids is 1. The molecule has 88 valence electrons. The molecule has 5 nitrogen and oxygen atoms in total. The number of carboxylic acid groups (broad SMARTS) is 1. The Morgan fingerprint density at radius 2 is 2.19 bits per heavy atom. The number of fused-ring (bicyclic) bond motifs is 1. The number of carbonyl (C=O) groups is 1. The second-order valence-electron chi connectivity index (χ2n) is 4.24. The molecule has 1 N–H and O–H groups in total. The van der Waals surface area contributed by atoms with Crippen LogP contribution in [0.5, 0.6) is 0 Å². The van der Waals surface area contributed by atoms with Crippen molar-refractivity contribution in [3.05, 3.63) is 11.6 Å². The normalized spacial score (nSPS) is 15.5. The summed E-state index contributed by atoms with van der Waals surface area (Å²) in [5, 5.41) is 16.9. The van der Waals surface area contributed by atoms with Gasteiger partial charge in [-0.25, -0.2) is 0 Å². The van der Waals surface area contributed by atoms with E-state index in [0.29, 0.717) is 6.42 Å². The molecule has 0 unspecified atom stereocenters. The van der Waals surface area contributed by atoms with Crippen molar-refractivity contribution in [3.63, 3.8) is 0 Å². The zero-order valence-corrected chi connectivity index (χ0v) is 9.35. The van der Waals surface area contributed by atoms with Crippen molar-refractivity contribution in [1.29, 1.82) is 0 Å². The van der Waals surface area contributed by atoms with E-state index < -0.39 is 5.97 Å². The maximum absolute atomic E-state index is 10.4. The first-order valence-electron chi connectivity index (χ1n) is 5.90. The van der Waals surface area contributed by atoms with Crippen LogP contribution < -0.4 is 0 Å². The highest BCUT2D eigenvalue weighted by atomic mass is 16.4. The van der Waals surface area contributed by atoms with E-state index in [-0.39, 0.29) is 6.42 Å². The number of nitrogens with zero attached hydrogens (tertiary/aromatic N) is 3. The van der Waals surface area contributed by atoms with Crippen LogP contribution in [0.15, 0.2) is 0 Å². The van der Waals surface area contributed by atoms with Gasteiger partial charge >= 0.3 is 5.97 Å². The van der Waals surface area contributed by atoms with Gasteiger partial charge in [0.2, 0.25) is 0 Å². The first kappa shape index (κ1) is 11.1. The van der Waals surface area contributed by atoms with Crippen LogP contribution >= 0.6 is 0 Å². The van der Waals surface area contributed by atoms with Crippen molar-refractivity contribution in [1.82, 2.24) is 14.8 Å². The molecule has 1 aromatic rings. The molecule has 16 heavy (non-hydrogen) atoms. The summed E-state index contributed by atoms with van der Waals surface area (Å²) in [7, 11) is 0. The van der Waals surface area contributed by atoms with Crippen LogP contribution in [0.1, 0.15) is 43.8 Å². The van der Waals surface area contributed by atoms with Gasteiger partial charge in [-0.2, -0.15) is 0 Å². The molecule has 0 spiro atoms. The van der Waals surface area contributed by atoms with E-state index in [9.17, 15) is 4.79 Å². The van der Waals surface area contributed by atoms with Gasteiger partial charge in [0.05, 0.1) is 0 Å². The fourth-order valence-corrected chi connectivity index (χ4v) is 2.13. The predicted octanol–water partition coefficient (Wildman–Crippen LogP) is 1.41. The van der Waals surface area contributed by atoms with E-state index in [2.05, 4.69) is 14.8 Å². The monoisotopic (exact) mass is 223 g/mol. The fraction of sp³-hybridized carbons (Fsp3) is 0.727. The summed E-state index contributed by atoms with van der Waals surface area (Å²) in [5.74, 6) is 1.29. The van der Waals surface area contributed by atoms with Crippen LogP contribution in [0.3, 0.4) is 0 Å². The Bertz CT molecular complexity index is 373. The third kappa shape index (κ3) is 2.59. The summed E-state index contributed by atoms with van der Waals surface area (Å²) in [5.41, 5.74) is 0. The quantitative estimate of drug-likeness (QED) is 0.838. The van der Waals surface area contributed by atoms with Gasteiger partial charge in [-0.1, -0.05) is 6.42 Å². The van der Waals surface area contributed by atoms with Crippen molar-refractivity contribution in [2.45, 2.75) is 51.5 Å². The number of aryl methyl sites for hydroxylation is 2. The zero-order valence-electron chi connectivity index (χ0n) is 9.35. The number of hydrogen-bond donors (Lipinski definition) is 1. The maximum atomic E-state index is 10.4. The molecule has 0 aromatic carbocycles. The molecule has 0 bridgehead atoms. The Morgan fingerprint density at radius 1 is 1.31 bits per heavy atom. The highest BCUT2D eigenvalue weighted by Gasteiger charge is 2.14. The summed E-state index contributed by atoms with van der Waals surface area (Å²) >= 11 is 0. The highest BCUT2D eigenvalue weighted by Crippen LogP contribution is 2.15. The van der Waals surface area contributed by atoms with E-state index in [1.807, 2.05) is 0 Å². The third-order valence-corrected chi connectivity index (χ3v) is 2.98. The van der Waals surface area contributed by atoms with Gasteiger partial charge in [-0.3, -0.25) is 4.79 Å². The van der Waals surface area contributed by atoms with E-state index in [1.54, 1.807) is 0 Å². The molecule has 0 radical (unpaired) electrons. The maximum Gasteiger partial charge on any atom is 0.303 e. The smallest absolute Gasteiger partial charge is 0.303 e.